The minimum atomic E-state index is 0.267. The molecule has 2 heterocycles. The number of aryl methyl sites for hydroxylation is 2. The highest BCUT2D eigenvalue weighted by Gasteiger charge is 2.32. The molecule has 1 saturated heterocycles. The van der Waals surface area contributed by atoms with Crippen molar-refractivity contribution in [2.45, 2.75) is 52.0 Å². The van der Waals surface area contributed by atoms with Gasteiger partial charge >= 0.3 is 0 Å². The van der Waals surface area contributed by atoms with Gasteiger partial charge in [0.1, 0.15) is 11.6 Å². The molecule has 1 atom stereocenters. The summed E-state index contributed by atoms with van der Waals surface area (Å²) >= 11 is 0. The van der Waals surface area contributed by atoms with E-state index in [0.29, 0.717) is 6.04 Å². The van der Waals surface area contributed by atoms with E-state index in [4.69, 9.17) is 4.98 Å². The molecule has 1 saturated carbocycles. The Balaban J connectivity index is 1.70. The number of aromatic nitrogens is 2. The van der Waals surface area contributed by atoms with E-state index in [2.05, 4.69) is 34.7 Å². The number of aliphatic hydroxyl groups is 1. The van der Waals surface area contributed by atoms with Crippen molar-refractivity contribution in [2.75, 3.05) is 37.7 Å². The highest BCUT2D eigenvalue weighted by atomic mass is 16.3. The van der Waals surface area contributed by atoms with Crippen molar-refractivity contribution in [1.29, 1.82) is 0 Å². The number of rotatable bonds is 7. The molecule has 5 heteroatoms. The Morgan fingerprint density at radius 2 is 2.09 bits per heavy atom. The zero-order valence-corrected chi connectivity index (χ0v) is 14.5. The third-order valence-corrected chi connectivity index (χ3v) is 4.94. The van der Waals surface area contributed by atoms with Crippen LogP contribution in [0.15, 0.2) is 6.07 Å². The lowest BCUT2D eigenvalue weighted by molar-refractivity contribution is 0.137. The molecule has 2 fully saturated rings. The van der Waals surface area contributed by atoms with E-state index >= 15 is 0 Å². The maximum absolute atomic E-state index is 9.43. The number of anilines is 1. The fourth-order valence-electron chi connectivity index (χ4n) is 3.51. The van der Waals surface area contributed by atoms with Crippen LogP contribution in [0, 0.1) is 12.8 Å². The lowest BCUT2D eigenvalue weighted by Crippen LogP contribution is -2.54. The van der Waals surface area contributed by atoms with Gasteiger partial charge in [0.15, 0.2) is 0 Å². The second-order valence-electron chi connectivity index (χ2n) is 7.08. The summed E-state index contributed by atoms with van der Waals surface area (Å²) in [7, 11) is 0. The molecule has 128 valence electrons. The number of aliphatic hydroxyl groups excluding tert-OH is 1. The van der Waals surface area contributed by atoms with Gasteiger partial charge in [-0.3, -0.25) is 4.90 Å². The van der Waals surface area contributed by atoms with Gasteiger partial charge in [0, 0.05) is 57.0 Å². The minimum Gasteiger partial charge on any atom is -0.396 e. The second-order valence-corrected chi connectivity index (χ2v) is 7.08. The molecule has 1 aliphatic carbocycles. The fraction of sp³-hybridized carbons (Fsp3) is 0.778. The van der Waals surface area contributed by atoms with Crippen LogP contribution in [0.4, 0.5) is 5.82 Å². The van der Waals surface area contributed by atoms with Crippen molar-refractivity contribution in [3.8, 4) is 0 Å². The maximum atomic E-state index is 9.43. The Bertz CT molecular complexity index is 518. The quantitative estimate of drug-likeness (QED) is 0.833. The van der Waals surface area contributed by atoms with Crippen molar-refractivity contribution < 1.29 is 5.11 Å². The normalized spacial score (nSPS) is 22.6. The molecule has 0 aromatic carbocycles. The molecular formula is C18H30N4O. The summed E-state index contributed by atoms with van der Waals surface area (Å²) in [5.41, 5.74) is 1.05. The number of hydrogen-bond acceptors (Lipinski definition) is 5. The third kappa shape index (κ3) is 4.42. The first-order valence-electron chi connectivity index (χ1n) is 9.14. The van der Waals surface area contributed by atoms with Gasteiger partial charge in [-0.2, -0.15) is 0 Å². The average Bonchev–Trinajstić information content (AvgIpc) is 3.33. The molecule has 0 radical (unpaired) electrons. The fourth-order valence-corrected chi connectivity index (χ4v) is 3.51. The number of nitrogens with zero attached hydrogens (tertiary/aromatic N) is 4. The maximum Gasteiger partial charge on any atom is 0.132 e. The summed E-state index contributed by atoms with van der Waals surface area (Å²) in [5.74, 6) is 2.93. The first-order chi connectivity index (χ1) is 11.2. The molecule has 1 aliphatic heterocycles. The molecule has 23 heavy (non-hydrogen) atoms. The first-order valence-corrected chi connectivity index (χ1v) is 9.14. The van der Waals surface area contributed by atoms with Crippen LogP contribution in [-0.4, -0.2) is 58.8 Å². The third-order valence-electron chi connectivity index (χ3n) is 4.94. The van der Waals surface area contributed by atoms with Gasteiger partial charge in [-0.15, -0.1) is 0 Å². The summed E-state index contributed by atoms with van der Waals surface area (Å²) in [6, 6.07) is 2.55. The summed E-state index contributed by atoms with van der Waals surface area (Å²) in [5, 5.41) is 9.43. The predicted octanol–water partition coefficient (Wildman–Crippen LogP) is 2.02. The van der Waals surface area contributed by atoms with Crippen molar-refractivity contribution in [3.05, 3.63) is 17.6 Å². The van der Waals surface area contributed by atoms with Crippen molar-refractivity contribution >= 4 is 5.82 Å². The van der Waals surface area contributed by atoms with Crippen LogP contribution in [-0.2, 0) is 6.42 Å². The summed E-state index contributed by atoms with van der Waals surface area (Å²) in [6.45, 7) is 8.77. The van der Waals surface area contributed by atoms with Gasteiger partial charge in [0.05, 0.1) is 0 Å². The smallest absolute Gasteiger partial charge is 0.132 e. The highest BCUT2D eigenvalue weighted by molar-refractivity contribution is 5.40. The summed E-state index contributed by atoms with van der Waals surface area (Å²) < 4.78 is 0. The first kappa shape index (κ1) is 16.7. The Morgan fingerprint density at radius 1 is 1.26 bits per heavy atom. The van der Waals surface area contributed by atoms with Gasteiger partial charge in [-0.25, -0.2) is 9.97 Å². The van der Waals surface area contributed by atoms with E-state index in [9.17, 15) is 5.11 Å². The second kappa shape index (κ2) is 7.58. The van der Waals surface area contributed by atoms with Crippen molar-refractivity contribution in [2.24, 2.45) is 5.92 Å². The molecule has 3 rings (SSSR count). The van der Waals surface area contributed by atoms with Gasteiger partial charge in [0.25, 0.3) is 0 Å². The lowest BCUT2D eigenvalue weighted by Gasteiger charge is -2.42. The largest absolute Gasteiger partial charge is 0.396 e. The Hall–Kier alpha value is -1.20. The van der Waals surface area contributed by atoms with Crippen molar-refractivity contribution in [1.82, 2.24) is 14.9 Å². The number of piperazine rings is 1. The standard InChI is InChI=1S/C18H30N4O/c1-3-4-17-19-14(2)11-18(20-17)22-9-8-21(12-15-5-6-15)16(13-22)7-10-23/h11,15-16,23H,3-10,12-13H2,1-2H3. The van der Waals surface area contributed by atoms with E-state index in [1.54, 1.807) is 0 Å². The van der Waals surface area contributed by atoms with E-state index in [1.165, 1.54) is 19.4 Å². The van der Waals surface area contributed by atoms with Crippen LogP contribution in [0.3, 0.4) is 0 Å². The SMILES string of the molecule is CCCc1nc(C)cc(N2CCN(CC3CC3)C(CCO)C2)n1. The Labute approximate surface area is 139 Å². The molecule has 1 N–H and O–H groups in total. The van der Waals surface area contributed by atoms with Gasteiger partial charge in [-0.1, -0.05) is 6.92 Å². The highest BCUT2D eigenvalue weighted by Crippen LogP contribution is 2.31. The van der Waals surface area contributed by atoms with Gasteiger partial charge < -0.3 is 10.0 Å². The van der Waals surface area contributed by atoms with Gasteiger partial charge in [-0.05, 0) is 38.5 Å². The van der Waals surface area contributed by atoms with Gasteiger partial charge in [0.2, 0.25) is 0 Å². The van der Waals surface area contributed by atoms with Crippen molar-refractivity contribution in [3.63, 3.8) is 0 Å². The van der Waals surface area contributed by atoms with Crippen LogP contribution < -0.4 is 4.90 Å². The molecule has 1 unspecified atom stereocenters. The van der Waals surface area contributed by atoms with E-state index in [0.717, 1.165) is 62.2 Å². The minimum absolute atomic E-state index is 0.267. The van der Waals surface area contributed by atoms with Crippen LogP contribution in [0.1, 0.15) is 44.1 Å². The van der Waals surface area contributed by atoms with Crippen LogP contribution in [0.2, 0.25) is 0 Å². The zero-order chi connectivity index (χ0) is 16.2. The lowest BCUT2D eigenvalue weighted by atomic mass is 10.1. The van der Waals surface area contributed by atoms with Crippen LogP contribution >= 0.6 is 0 Å². The molecular weight excluding hydrogens is 288 g/mol. The molecule has 0 bridgehead atoms. The summed E-state index contributed by atoms with van der Waals surface area (Å²) in [4.78, 5) is 14.3. The predicted molar refractivity (Wildman–Crippen MR) is 92.8 cm³/mol. The molecule has 5 nitrogen and oxygen atoms in total. The monoisotopic (exact) mass is 318 g/mol. The molecule has 1 aromatic heterocycles. The van der Waals surface area contributed by atoms with E-state index in [1.807, 2.05) is 0 Å². The van der Waals surface area contributed by atoms with Crippen LogP contribution in [0.25, 0.3) is 0 Å². The Morgan fingerprint density at radius 3 is 2.78 bits per heavy atom. The summed E-state index contributed by atoms with van der Waals surface area (Å²) in [6.07, 6.45) is 5.64. The molecule has 0 amide bonds. The zero-order valence-electron chi connectivity index (χ0n) is 14.5. The molecule has 2 aliphatic rings. The van der Waals surface area contributed by atoms with Crippen LogP contribution in [0.5, 0.6) is 0 Å². The van der Waals surface area contributed by atoms with E-state index < -0.39 is 0 Å². The molecule has 0 spiro atoms. The molecule has 1 aromatic rings. The Kier molecular flexibility index (Phi) is 5.49. The average molecular weight is 318 g/mol. The van der Waals surface area contributed by atoms with E-state index in [-0.39, 0.29) is 6.61 Å². The number of hydrogen-bond donors (Lipinski definition) is 1. The topological polar surface area (TPSA) is 52.5 Å².